The van der Waals surface area contributed by atoms with Gasteiger partial charge in [-0.2, -0.15) is 0 Å². The van der Waals surface area contributed by atoms with Crippen LogP contribution in [0, 0.1) is 6.92 Å². The number of hydrogen-bond donors (Lipinski definition) is 1. The lowest BCUT2D eigenvalue weighted by Crippen LogP contribution is -2.03. The van der Waals surface area contributed by atoms with E-state index in [-0.39, 0.29) is 5.82 Å². The first-order valence-corrected chi connectivity index (χ1v) is 4.65. The Balaban J connectivity index is 2.38. The molecule has 0 radical (unpaired) electrons. The van der Waals surface area contributed by atoms with Crippen LogP contribution in [0.2, 0.25) is 0 Å². The van der Waals surface area contributed by atoms with E-state index >= 15 is 0 Å². The number of carboxylic acids is 1. The van der Waals surface area contributed by atoms with E-state index in [9.17, 15) is 4.79 Å². The van der Waals surface area contributed by atoms with Crippen molar-refractivity contribution < 1.29 is 9.90 Å². The number of hydrogen-bond acceptors (Lipinski definition) is 4. The fourth-order valence-electron chi connectivity index (χ4n) is 1.31. The van der Waals surface area contributed by atoms with Gasteiger partial charge in [-0.1, -0.05) is 0 Å². The summed E-state index contributed by atoms with van der Waals surface area (Å²) in [4.78, 5) is 22.2. The van der Waals surface area contributed by atoms with Gasteiger partial charge >= 0.3 is 5.97 Å². The van der Waals surface area contributed by atoms with Crippen molar-refractivity contribution in [1.82, 2.24) is 15.0 Å². The number of rotatable bonds is 2. The molecule has 5 nitrogen and oxygen atoms in total. The van der Waals surface area contributed by atoms with Crippen LogP contribution in [0.1, 0.15) is 16.3 Å². The highest BCUT2D eigenvalue weighted by Gasteiger charge is 2.06. The van der Waals surface area contributed by atoms with Crippen molar-refractivity contribution in [3.8, 4) is 11.1 Å². The van der Waals surface area contributed by atoms with Crippen molar-refractivity contribution in [2.45, 2.75) is 6.92 Å². The maximum absolute atomic E-state index is 10.6. The zero-order valence-corrected chi connectivity index (χ0v) is 8.58. The Morgan fingerprint density at radius 2 is 1.88 bits per heavy atom. The lowest BCUT2D eigenvalue weighted by molar-refractivity contribution is 0.0683. The van der Waals surface area contributed by atoms with Crippen LogP contribution < -0.4 is 0 Å². The monoisotopic (exact) mass is 215 g/mol. The van der Waals surface area contributed by atoms with Gasteiger partial charge in [-0.05, 0) is 24.6 Å². The van der Waals surface area contributed by atoms with E-state index in [2.05, 4.69) is 15.0 Å². The quantitative estimate of drug-likeness (QED) is 0.822. The summed E-state index contributed by atoms with van der Waals surface area (Å²) in [5, 5.41) is 8.66. The molecule has 0 spiro atoms. The van der Waals surface area contributed by atoms with Gasteiger partial charge in [0, 0.05) is 29.8 Å². The normalized spacial score (nSPS) is 10.1. The van der Waals surface area contributed by atoms with E-state index in [0.29, 0.717) is 0 Å². The molecule has 0 aromatic carbocycles. The third-order valence-electron chi connectivity index (χ3n) is 2.07. The lowest BCUT2D eigenvalue weighted by atomic mass is 10.1. The van der Waals surface area contributed by atoms with Crippen molar-refractivity contribution in [3.63, 3.8) is 0 Å². The third kappa shape index (κ3) is 2.03. The minimum atomic E-state index is -1.13. The summed E-state index contributed by atoms with van der Waals surface area (Å²) in [5.41, 5.74) is 2.58. The number of carboxylic acid groups (broad SMARTS) is 1. The first-order chi connectivity index (χ1) is 7.66. The van der Waals surface area contributed by atoms with Crippen molar-refractivity contribution in [3.05, 3.63) is 42.2 Å². The summed E-state index contributed by atoms with van der Waals surface area (Å²) in [6.45, 7) is 1.88. The van der Waals surface area contributed by atoms with E-state index in [1.807, 2.05) is 19.1 Å². The summed E-state index contributed by atoms with van der Waals surface area (Å²) in [6.07, 6.45) is 4.67. The molecule has 16 heavy (non-hydrogen) atoms. The minimum Gasteiger partial charge on any atom is -0.475 e. The average molecular weight is 215 g/mol. The van der Waals surface area contributed by atoms with Gasteiger partial charge in [-0.25, -0.2) is 14.8 Å². The van der Waals surface area contributed by atoms with E-state index in [1.165, 1.54) is 12.4 Å². The predicted octanol–water partition coefficient (Wildman–Crippen LogP) is 1.55. The number of carbonyl (C=O) groups is 1. The van der Waals surface area contributed by atoms with E-state index in [0.717, 1.165) is 16.8 Å². The van der Waals surface area contributed by atoms with Crippen molar-refractivity contribution in [2.75, 3.05) is 0 Å². The van der Waals surface area contributed by atoms with Gasteiger partial charge in [0.2, 0.25) is 5.82 Å². The molecule has 0 saturated carbocycles. The van der Waals surface area contributed by atoms with Gasteiger partial charge in [0.1, 0.15) is 0 Å². The van der Waals surface area contributed by atoms with Crippen LogP contribution in [-0.4, -0.2) is 26.0 Å². The molecule has 0 aliphatic heterocycles. The molecule has 0 unspecified atom stereocenters. The summed E-state index contributed by atoms with van der Waals surface area (Å²) < 4.78 is 0. The Bertz CT molecular complexity index is 523. The number of aromatic carboxylic acids is 1. The molecule has 0 aliphatic rings. The molecule has 0 fully saturated rings. The minimum absolute atomic E-state index is 0.200. The smallest absolute Gasteiger partial charge is 0.373 e. The number of aromatic nitrogens is 3. The molecule has 0 atom stereocenters. The fourth-order valence-corrected chi connectivity index (χ4v) is 1.31. The molecule has 0 bridgehead atoms. The highest BCUT2D eigenvalue weighted by atomic mass is 16.4. The molecule has 2 rings (SSSR count). The second kappa shape index (κ2) is 4.06. The highest BCUT2D eigenvalue weighted by Crippen LogP contribution is 2.17. The first kappa shape index (κ1) is 10.2. The standard InChI is InChI=1S/C11H9N3O2/c1-7-4-8(2-3-12-7)9-5-13-10(11(15)16)14-6-9/h2-6H,1H3,(H,15,16). The molecule has 2 aromatic heterocycles. The van der Waals surface area contributed by atoms with Crippen LogP contribution in [0.5, 0.6) is 0 Å². The van der Waals surface area contributed by atoms with Gasteiger partial charge in [-0.15, -0.1) is 0 Å². The molecule has 80 valence electrons. The van der Waals surface area contributed by atoms with Crippen molar-refractivity contribution >= 4 is 5.97 Å². The average Bonchev–Trinajstić information content (AvgIpc) is 2.29. The van der Waals surface area contributed by atoms with Crippen LogP contribution >= 0.6 is 0 Å². The van der Waals surface area contributed by atoms with Gasteiger partial charge in [0.15, 0.2) is 0 Å². The Labute approximate surface area is 91.8 Å². The van der Waals surface area contributed by atoms with E-state index in [4.69, 9.17) is 5.11 Å². The topological polar surface area (TPSA) is 76.0 Å². The van der Waals surface area contributed by atoms with Crippen LogP contribution in [0.25, 0.3) is 11.1 Å². The van der Waals surface area contributed by atoms with E-state index < -0.39 is 5.97 Å². The molecule has 1 N–H and O–H groups in total. The SMILES string of the molecule is Cc1cc(-c2cnc(C(=O)O)nc2)ccn1. The Morgan fingerprint density at radius 1 is 1.19 bits per heavy atom. The highest BCUT2D eigenvalue weighted by molar-refractivity contribution is 5.83. The van der Waals surface area contributed by atoms with E-state index in [1.54, 1.807) is 6.20 Å². The molecule has 2 aromatic rings. The Kier molecular flexibility index (Phi) is 2.59. The lowest BCUT2D eigenvalue weighted by Gasteiger charge is -2.01. The predicted molar refractivity (Wildman–Crippen MR) is 57.0 cm³/mol. The Morgan fingerprint density at radius 3 is 2.44 bits per heavy atom. The molecule has 5 heteroatoms. The van der Waals surface area contributed by atoms with Crippen molar-refractivity contribution in [1.29, 1.82) is 0 Å². The van der Waals surface area contributed by atoms with Gasteiger partial charge < -0.3 is 5.11 Å². The van der Waals surface area contributed by atoms with Crippen LogP contribution in [0.3, 0.4) is 0 Å². The number of nitrogens with zero attached hydrogens (tertiary/aromatic N) is 3. The Hall–Kier alpha value is -2.30. The van der Waals surface area contributed by atoms with Gasteiger partial charge in [-0.3, -0.25) is 4.98 Å². The summed E-state index contributed by atoms with van der Waals surface area (Å²) >= 11 is 0. The van der Waals surface area contributed by atoms with Crippen LogP contribution in [-0.2, 0) is 0 Å². The zero-order valence-electron chi connectivity index (χ0n) is 8.58. The molecular formula is C11H9N3O2. The largest absolute Gasteiger partial charge is 0.475 e. The summed E-state index contributed by atoms with van der Waals surface area (Å²) in [5.74, 6) is -1.33. The maximum atomic E-state index is 10.6. The van der Waals surface area contributed by atoms with Crippen LogP contribution in [0.15, 0.2) is 30.7 Å². The summed E-state index contributed by atoms with van der Waals surface area (Å²) in [6, 6.07) is 3.71. The van der Waals surface area contributed by atoms with Gasteiger partial charge in [0.25, 0.3) is 0 Å². The molecule has 2 heterocycles. The second-order valence-electron chi connectivity index (χ2n) is 3.29. The number of aryl methyl sites for hydroxylation is 1. The van der Waals surface area contributed by atoms with Gasteiger partial charge in [0.05, 0.1) is 0 Å². The molecular weight excluding hydrogens is 206 g/mol. The van der Waals surface area contributed by atoms with Crippen LogP contribution in [0.4, 0.5) is 0 Å². The molecule has 0 saturated heterocycles. The second-order valence-corrected chi connectivity index (χ2v) is 3.29. The first-order valence-electron chi connectivity index (χ1n) is 4.65. The maximum Gasteiger partial charge on any atom is 0.373 e. The zero-order chi connectivity index (χ0) is 11.5. The fraction of sp³-hybridized carbons (Fsp3) is 0.0909. The molecule has 0 amide bonds. The number of pyridine rings is 1. The third-order valence-corrected chi connectivity index (χ3v) is 2.07. The van der Waals surface area contributed by atoms with Crippen molar-refractivity contribution in [2.24, 2.45) is 0 Å². The molecule has 0 aliphatic carbocycles. The summed E-state index contributed by atoms with van der Waals surface area (Å²) in [7, 11) is 0.